The van der Waals surface area contributed by atoms with E-state index in [2.05, 4.69) is 15.5 Å². The maximum Gasteiger partial charge on any atom is 0.266 e. The first kappa shape index (κ1) is 14.3. The first-order chi connectivity index (χ1) is 10.1. The molecule has 0 amide bonds. The van der Waals surface area contributed by atoms with Gasteiger partial charge in [0.25, 0.3) is 5.69 Å². The third kappa shape index (κ3) is 3.44. The van der Waals surface area contributed by atoms with E-state index in [-0.39, 0.29) is 5.75 Å². The van der Waals surface area contributed by atoms with Gasteiger partial charge in [-0.25, -0.2) is 4.98 Å². The van der Waals surface area contributed by atoms with Gasteiger partial charge in [0.15, 0.2) is 0 Å². The number of anilines is 1. The average Bonchev–Trinajstić information content (AvgIpc) is 2.49. The van der Waals surface area contributed by atoms with Crippen LogP contribution >= 0.6 is 0 Å². The number of ether oxygens (including phenoxy) is 1. The molecule has 0 radical (unpaired) electrons. The topological polar surface area (TPSA) is 113 Å². The third-order valence-electron chi connectivity index (χ3n) is 2.53. The van der Waals surface area contributed by atoms with E-state index in [9.17, 15) is 15.2 Å². The van der Waals surface area contributed by atoms with Crippen LogP contribution in [0.2, 0.25) is 0 Å². The van der Waals surface area contributed by atoms with Crippen molar-refractivity contribution >= 4 is 17.7 Å². The smallest absolute Gasteiger partial charge is 0.266 e. The SMILES string of the molecule is COc1cc(/C=N\Nc2ccccn2)cc([N+](=O)[O-])c1[O-]. The van der Waals surface area contributed by atoms with Crippen LogP contribution in [0.3, 0.4) is 0 Å². The van der Waals surface area contributed by atoms with Crippen LogP contribution in [0.5, 0.6) is 11.5 Å². The van der Waals surface area contributed by atoms with Crippen molar-refractivity contribution < 1.29 is 14.8 Å². The Morgan fingerprint density at radius 1 is 1.43 bits per heavy atom. The fraction of sp³-hybridized carbons (Fsp3) is 0.0769. The zero-order valence-corrected chi connectivity index (χ0v) is 11.0. The molecule has 2 aromatic rings. The van der Waals surface area contributed by atoms with E-state index >= 15 is 0 Å². The molecule has 0 atom stereocenters. The second kappa shape index (κ2) is 6.33. The first-order valence-corrected chi connectivity index (χ1v) is 5.85. The lowest BCUT2D eigenvalue weighted by atomic mass is 10.2. The normalized spacial score (nSPS) is 10.5. The molecule has 1 aromatic carbocycles. The standard InChI is InChI=1S/C13H12N4O4/c1-21-11-7-9(6-10(13(11)18)17(19)20)8-15-16-12-4-2-3-5-14-12/h2-8,18H,1H3,(H,14,16)/p-1/b15-8-. The maximum atomic E-state index is 11.7. The predicted octanol–water partition coefficient (Wildman–Crippen LogP) is 1.52. The summed E-state index contributed by atoms with van der Waals surface area (Å²) in [4.78, 5) is 14.1. The van der Waals surface area contributed by atoms with Gasteiger partial charge in [0.2, 0.25) is 0 Å². The van der Waals surface area contributed by atoms with E-state index in [0.717, 1.165) is 6.07 Å². The van der Waals surface area contributed by atoms with E-state index in [1.165, 1.54) is 19.4 Å². The minimum atomic E-state index is -0.766. The number of methoxy groups -OCH3 is 1. The number of nitro benzene ring substituents is 1. The van der Waals surface area contributed by atoms with Crippen molar-refractivity contribution in [2.45, 2.75) is 0 Å². The van der Waals surface area contributed by atoms with Crippen molar-refractivity contribution in [3.05, 3.63) is 52.2 Å². The number of benzene rings is 1. The summed E-state index contributed by atoms with van der Waals surface area (Å²) in [6.45, 7) is 0. The van der Waals surface area contributed by atoms with Gasteiger partial charge in [-0.1, -0.05) is 6.07 Å². The number of nitrogens with one attached hydrogen (secondary N) is 1. The summed E-state index contributed by atoms with van der Waals surface area (Å²) < 4.78 is 4.83. The quantitative estimate of drug-likeness (QED) is 0.506. The van der Waals surface area contributed by atoms with Gasteiger partial charge in [-0.05, 0) is 18.2 Å². The third-order valence-corrected chi connectivity index (χ3v) is 2.53. The van der Waals surface area contributed by atoms with Gasteiger partial charge < -0.3 is 9.84 Å². The van der Waals surface area contributed by atoms with E-state index in [1.54, 1.807) is 24.4 Å². The molecule has 21 heavy (non-hydrogen) atoms. The summed E-state index contributed by atoms with van der Waals surface area (Å²) in [6.07, 6.45) is 2.93. The summed E-state index contributed by atoms with van der Waals surface area (Å²) in [6, 6.07) is 7.76. The van der Waals surface area contributed by atoms with Crippen LogP contribution < -0.4 is 15.3 Å². The molecule has 1 heterocycles. The Morgan fingerprint density at radius 2 is 2.24 bits per heavy atom. The zero-order chi connectivity index (χ0) is 15.2. The van der Waals surface area contributed by atoms with Gasteiger partial charge >= 0.3 is 0 Å². The molecule has 0 spiro atoms. The van der Waals surface area contributed by atoms with Crippen LogP contribution in [-0.4, -0.2) is 23.2 Å². The summed E-state index contributed by atoms with van der Waals surface area (Å²) in [7, 11) is 1.27. The van der Waals surface area contributed by atoms with Crippen LogP contribution in [0.4, 0.5) is 11.5 Å². The van der Waals surface area contributed by atoms with Crippen LogP contribution in [0.1, 0.15) is 5.56 Å². The Bertz CT molecular complexity index is 673. The van der Waals surface area contributed by atoms with Gasteiger partial charge in [-0.3, -0.25) is 15.5 Å². The second-order valence-electron chi connectivity index (χ2n) is 3.91. The van der Waals surface area contributed by atoms with Crippen molar-refractivity contribution in [2.75, 3.05) is 12.5 Å². The fourth-order valence-electron chi connectivity index (χ4n) is 1.57. The number of aromatic nitrogens is 1. The summed E-state index contributed by atoms with van der Waals surface area (Å²) in [5.41, 5.74) is 2.46. The van der Waals surface area contributed by atoms with Gasteiger partial charge in [-0.2, -0.15) is 5.10 Å². The van der Waals surface area contributed by atoms with Gasteiger partial charge in [0.05, 0.1) is 18.2 Å². The van der Waals surface area contributed by atoms with E-state index in [1.807, 2.05) is 0 Å². The summed E-state index contributed by atoms with van der Waals surface area (Å²) in [5, 5.41) is 26.4. The lowest BCUT2D eigenvalue weighted by molar-refractivity contribution is -0.398. The predicted molar refractivity (Wildman–Crippen MR) is 74.5 cm³/mol. The Hall–Kier alpha value is -3.16. The number of hydrazone groups is 1. The molecule has 0 unspecified atom stereocenters. The van der Waals surface area contributed by atoms with Crippen molar-refractivity contribution in [2.24, 2.45) is 5.10 Å². The highest BCUT2D eigenvalue weighted by atomic mass is 16.6. The van der Waals surface area contributed by atoms with Crippen LogP contribution in [0.25, 0.3) is 0 Å². The highest BCUT2D eigenvalue weighted by Crippen LogP contribution is 2.33. The van der Waals surface area contributed by atoms with Gasteiger partial charge in [0.1, 0.15) is 11.6 Å². The molecule has 108 valence electrons. The van der Waals surface area contributed by atoms with Crippen molar-refractivity contribution in [1.82, 2.24) is 4.98 Å². The molecule has 1 N–H and O–H groups in total. The molecule has 2 rings (SSSR count). The Morgan fingerprint density at radius 3 is 2.86 bits per heavy atom. The fourth-order valence-corrected chi connectivity index (χ4v) is 1.57. The number of pyridine rings is 1. The Balaban J connectivity index is 2.23. The molecular weight excluding hydrogens is 276 g/mol. The highest BCUT2D eigenvalue weighted by molar-refractivity contribution is 5.83. The van der Waals surface area contributed by atoms with E-state index in [0.29, 0.717) is 11.4 Å². The molecule has 0 saturated heterocycles. The van der Waals surface area contributed by atoms with Crippen LogP contribution in [-0.2, 0) is 0 Å². The van der Waals surface area contributed by atoms with Crippen LogP contribution in [0, 0.1) is 10.1 Å². The number of rotatable bonds is 5. The lowest BCUT2D eigenvalue weighted by Gasteiger charge is -2.12. The van der Waals surface area contributed by atoms with Gasteiger partial charge in [-0.15, -0.1) is 0 Å². The molecular formula is C13H11N4O4-. The highest BCUT2D eigenvalue weighted by Gasteiger charge is 2.12. The maximum absolute atomic E-state index is 11.7. The molecule has 0 saturated carbocycles. The molecule has 0 fully saturated rings. The van der Waals surface area contributed by atoms with Gasteiger partial charge in [0, 0.05) is 23.6 Å². The Kier molecular flexibility index (Phi) is 4.30. The number of nitro groups is 1. The Labute approximate surface area is 119 Å². The van der Waals surface area contributed by atoms with Crippen LogP contribution in [0.15, 0.2) is 41.6 Å². The average molecular weight is 287 g/mol. The van der Waals surface area contributed by atoms with Crippen molar-refractivity contribution in [3.63, 3.8) is 0 Å². The molecule has 0 aliphatic rings. The molecule has 0 bridgehead atoms. The minimum Gasteiger partial charge on any atom is -0.865 e. The number of nitrogens with zero attached hydrogens (tertiary/aromatic N) is 3. The molecule has 8 nitrogen and oxygen atoms in total. The lowest BCUT2D eigenvalue weighted by Crippen LogP contribution is -2.02. The van der Waals surface area contributed by atoms with Crippen molar-refractivity contribution in [3.8, 4) is 11.5 Å². The summed E-state index contributed by atoms with van der Waals surface area (Å²) >= 11 is 0. The van der Waals surface area contributed by atoms with E-state index in [4.69, 9.17) is 4.74 Å². The monoisotopic (exact) mass is 287 g/mol. The molecule has 0 aliphatic carbocycles. The number of hydrogen-bond acceptors (Lipinski definition) is 7. The molecule has 1 aromatic heterocycles. The first-order valence-electron chi connectivity index (χ1n) is 5.85. The molecule has 0 aliphatic heterocycles. The largest absolute Gasteiger partial charge is 0.865 e. The second-order valence-corrected chi connectivity index (χ2v) is 3.91. The van der Waals surface area contributed by atoms with Crippen molar-refractivity contribution in [1.29, 1.82) is 0 Å². The summed E-state index contributed by atoms with van der Waals surface area (Å²) in [5.74, 6) is -0.350. The zero-order valence-electron chi connectivity index (χ0n) is 11.0. The minimum absolute atomic E-state index is 0.108. The molecule has 8 heteroatoms. The number of hydrogen-bond donors (Lipinski definition) is 1. The van der Waals surface area contributed by atoms with E-state index < -0.39 is 16.4 Å².